The van der Waals surface area contributed by atoms with E-state index in [0.29, 0.717) is 11.4 Å². The summed E-state index contributed by atoms with van der Waals surface area (Å²) in [5, 5.41) is 8.40. The fourth-order valence-electron chi connectivity index (χ4n) is 3.28. The van der Waals surface area contributed by atoms with Crippen molar-refractivity contribution in [1.29, 1.82) is 5.41 Å². The summed E-state index contributed by atoms with van der Waals surface area (Å²) in [7, 11) is 0. The third-order valence-corrected chi connectivity index (χ3v) is 4.93. The lowest BCUT2D eigenvalue weighted by atomic mass is 10.00. The van der Waals surface area contributed by atoms with Crippen LogP contribution in [-0.4, -0.2) is 5.71 Å². The smallest absolute Gasteiger partial charge is 0.0632 e. The van der Waals surface area contributed by atoms with Gasteiger partial charge in [-0.2, -0.15) is 0 Å². The van der Waals surface area contributed by atoms with Gasteiger partial charge in [-0.25, -0.2) is 0 Å². The van der Waals surface area contributed by atoms with Crippen molar-refractivity contribution < 1.29 is 0 Å². The van der Waals surface area contributed by atoms with Crippen molar-refractivity contribution in [3.05, 3.63) is 126 Å². The molecule has 29 heavy (non-hydrogen) atoms. The minimum Gasteiger partial charge on any atom is -0.398 e. The van der Waals surface area contributed by atoms with E-state index in [0.717, 1.165) is 22.3 Å². The van der Waals surface area contributed by atoms with Gasteiger partial charge in [-0.05, 0) is 39.5 Å². The second-order valence-electron chi connectivity index (χ2n) is 6.90. The Balaban J connectivity index is 1.50. The minimum atomic E-state index is 0.397. The average molecular weight is 374 g/mol. The van der Waals surface area contributed by atoms with Crippen LogP contribution in [0, 0.1) is 5.41 Å². The fourth-order valence-corrected chi connectivity index (χ4v) is 3.28. The SMILES string of the molecule is N=C(/C=C(\N)c1ccc(-c2ccccc2)cc1)c1ccc(-c2ccccc2)cc1. The molecule has 0 radical (unpaired) electrons. The van der Waals surface area contributed by atoms with Gasteiger partial charge in [-0.1, -0.05) is 109 Å². The van der Waals surface area contributed by atoms with Crippen molar-refractivity contribution in [3.8, 4) is 22.3 Å². The Kier molecular flexibility index (Phi) is 5.35. The zero-order valence-electron chi connectivity index (χ0n) is 16.0. The maximum absolute atomic E-state index is 8.40. The van der Waals surface area contributed by atoms with Gasteiger partial charge in [0.05, 0.1) is 5.71 Å². The summed E-state index contributed by atoms with van der Waals surface area (Å²) in [5.74, 6) is 0. The number of allylic oxidation sites excluding steroid dienone is 1. The highest BCUT2D eigenvalue weighted by atomic mass is 14.6. The van der Waals surface area contributed by atoms with E-state index in [1.165, 1.54) is 11.1 Å². The first-order valence-corrected chi connectivity index (χ1v) is 9.58. The first kappa shape index (κ1) is 18.5. The standard InChI is InChI=1S/C27H22N2/c28-26(24-15-11-22(12-16-24)20-7-3-1-4-8-20)19-27(29)25-17-13-23(14-18-25)21-9-5-2-6-10-21/h1-19,28H,29H2/b27-19-,28-26?. The van der Waals surface area contributed by atoms with Gasteiger partial charge >= 0.3 is 0 Å². The van der Waals surface area contributed by atoms with Gasteiger partial charge < -0.3 is 11.1 Å². The van der Waals surface area contributed by atoms with Crippen molar-refractivity contribution >= 4 is 11.4 Å². The van der Waals surface area contributed by atoms with Gasteiger partial charge in [0.2, 0.25) is 0 Å². The fraction of sp³-hybridized carbons (Fsp3) is 0. The molecule has 4 aromatic rings. The van der Waals surface area contributed by atoms with E-state index in [-0.39, 0.29) is 0 Å². The van der Waals surface area contributed by atoms with E-state index >= 15 is 0 Å². The first-order chi connectivity index (χ1) is 14.2. The third kappa shape index (κ3) is 4.33. The molecule has 0 heterocycles. The molecule has 0 fully saturated rings. The zero-order valence-corrected chi connectivity index (χ0v) is 16.0. The molecule has 2 heteroatoms. The van der Waals surface area contributed by atoms with E-state index in [1.807, 2.05) is 72.8 Å². The molecule has 0 bridgehead atoms. The molecule has 0 atom stereocenters. The Morgan fingerprint density at radius 2 is 0.897 bits per heavy atom. The number of rotatable bonds is 5. The Hall–Kier alpha value is -3.91. The topological polar surface area (TPSA) is 49.9 Å². The molecule has 0 saturated heterocycles. The third-order valence-electron chi connectivity index (χ3n) is 4.93. The molecular formula is C27H22N2. The molecule has 0 amide bonds. The Morgan fingerprint density at radius 3 is 1.34 bits per heavy atom. The van der Waals surface area contributed by atoms with Gasteiger partial charge in [-0.15, -0.1) is 0 Å². The quantitative estimate of drug-likeness (QED) is 0.391. The molecule has 0 aliphatic carbocycles. The van der Waals surface area contributed by atoms with Gasteiger partial charge in [-0.3, -0.25) is 0 Å². The normalized spacial score (nSPS) is 11.2. The highest BCUT2D eigenvalue weighted by Crippen LogP contribution is 2.22. The number of benzene rings is 4. The van der Waals surface area contributed by atoms with Crippen LogP contribution in [0.5, 0.6) is 0 Å². The molecule has 0 unspecified atom stereocenters. The van der Waals surface area contributed by atoms with Gasteiger partial charge in [0, 0.05) is 5.70 Å². The van der Waals surface area contributed by atoms with Crippen LogP contribution in [0.1, 0.15) is 11.1 Å². The van der Waals surface area contributed by atoms with Crippen LogP contribution >= 0.6 is 0 Å². The molecule has 0 spiro atoms. The van der Waals surface area contributed by atoms with Crippen LogP contribution in [0.3, 0.4) is 0 Å². The monoisotopic (exact) mass is 374 g/mol. The summed E-state index contributed by atoms with van der Waals surface area (Å²) in [4.78, 5) is 0. The van der Waals surface area contributed by atoms with E-state index < -0.39 is 0 Å². The molecule has 0 aliphatic rings. The molecular weight excluding hydrogens is 352 g/mol. The second-order valence-corrected chi connectivity index (χ2v) is 6.90. The van der Waals surface area contributed by atoms with Crippen molar-refractivity contribution in [3.63, 3.8) is 0 Å². The second kappa shape index (κ2) is 8.41. The molecule has 2 nitrogen and oxygen atoms in total. The zero-order chi connectivity index (χ0) is 20.1. The van der Waals surface area contributed by atoms with Crippen LogP contribution in [0.25, 0.3) is 28.0 Å². The van der Waals surface area contributed by atoms with Crippen LogP contribution in [0.4, 0.5) is 0 Å². The van der Waals surface area contributed by atoms with E-state index in [2.05, 4.69) is 36.4 Å². The Morgan fingerprint density at radius 1 is 0.517 bits per heavy atom. The average Bonchev–Trinajstić information content (AvgIpc) is 2.80. The molecule has 4 aromatic carbocycles. The maximum atomic E-state index is 8.40. The Labute approximate surface area is 171 Å². The van der Waals surface area contributed by atoms with E-state index in [4.69, 9.17) is 11.1 Å². The summed E-state index contributed by atoms with van der Waals surface area (Å²) < 4.78 is 0. The Bertz CT molecular complexity index is 1120. The van der Waals surface area contributed by atoms with Crippen LogP contribution in [0.2, 0.25) is 0 Å². The van der Waals surface area contributed by atoms with E-state index in [1.54, 1.807) is 6.08 Å². The summed E-state index contributed by atoms with van der Waals surface area (Å²) in [6, 6.07) is 36.6. The number of nitrogens with one attached hydrogen (secondary N) is 1. The lowest BCUT2D eigenvalue weighted by Crippen LogP contribution is -2.02. The summed E-state index contributed by atoms with van der Waals surface area (Å²) in [5.41, 5.74) is 13.6. The highest BCUT2D eigenvalue weighted by Gasteiger charge is 2.04. The van der Waals surface area contributed by atoms with Crippen LogP contribution in [0.15, 0.2) is 115 Å². The summed E-state index contributed by atoms with van der Waals surface area (Å²) in [6.45, 7) is 0. The van der Waals surface area contributed by atoms with Gasteiger partial charge in [0.25, 0.3) is 0 Å². The van der Waals surface area contributed by atoms with Crippen LogP contribution in [-0.2, 0) is 0 Å². The van der Waals surface area contributed by atoms with Crippen molar-refractivity contribution in [2.24, 2.45) is 5.73 Å². The van der Waals surface area contributed by atoms with Crippen molar-refractivity contribution in [2.45, 2.75) is 0 Å². The molecule has 0 saturated carbocycles. The van der Waals surface area contributed by atoms with E-state index in [9.17, 15) is 0 Å². The molecule has 4 rings (SSSR count). The predicted molar refractivity (Wildman–Crippen MR) is 123 cm³/mol. The molecule has 140 valence electrons. The number of hydrogen-bond acceptors (Lipinski definition) is 2. The summed E-state index contributed by atoms with van der Waals surface area (Å²) in [6.07, 6.45) is 1.72. The van der Waals surface area contributed by atoms with Gasteiger partial charge in [0.15, 0.2) is 0 Å². The number of nitrogens with two attached hydrogens (primary N) is 1. The largest absolute Gasteiger partial charge is 0.398 e. The first-order valence-electron chi connectivity index (χ1n) is 9.58. The molecule has 3 N–H and O–H groups in total. The predicted octanol–water partition coefficient (Wildman–Crippen LogP) is 6.39. The number of hydrogen-bond donors (Lipinski definition) is 2. The molecule has 0 aliphatic heterocycles. The lowest BCUT2D eigenvalue weighted by molar-refractivity contribution is 1.47. The van der Waals surface area contributed by atoms with Gasteiger partial charge in [0.1, 0.15) is 0 Å². The minimum absolute atomic E-state index is 0.397. The highest BCUT2D eigenvalue weighted by molar-refractivity contribution is 6.10. The van der Waals surface area contributed by atoms with Crippen molar-refractivity contribution in [2.75, 3.05) is 0 Å². The van der Waals surface area contributed by atoms with Crippen LogP contribution < -0.4 is 5.73 Å². The van der Waals surface area contributed by atoms with Crippen molar-refractivity contribution in [1.82, 2.24) is 0 Å². The molecule has 0 aromatic heterocycles. The summed E-state index contributed by atoms with van der Waals surface area (Å²) >= 11 is 0. The lowest BCUT2D eigenvalue weighted by Gasteiger charge is -2.07. The maximum Gasteiger partial charge on any atom is 0.0632 e.